The van der Waals surface area contributed by atoms with Crippen LogP contribution < -0.4 is 10.6 Å². The third kappa shape index (κ3) is 4.03. The molecule has 2 bridgehead atoms. The molecule has 2 N–H and O–H groups in total. The smallest absolute Gasteiger partial charge is 0.246 e. The van der Waals surface area contributed by atoms with Gasteiger partial charge in [0, 0.05) is 23.7 Å². The minimum absolute atomic E-state index is 0.0619. The molecule has 1 spiro atoms. The maximum absolute atomic E-state index is 14.2. The number of halogens is 1. The van der Waals surface area contributed by atoms with E-state index in [2.05, 4.69) is 15.8 Å². The van der Waals surface area contributed by atoms with Crippen molar-refractivity contribution >= 4 is 35.1 Å². The summed E-state index contributed by atoms with van der Waals surface area (Å²) in [4.78, 5) is 43.3. The number of amides is 3. The van der Waals surface area contributed by atoms with Gasteiger partial charge in [-0.25, -0.2) is 0 Å². The van der Waals surface area contributed by atoms with Crippen LogP contribution in [0.2, 0.25) is 5.02 Å². The van der Waals surface area contributed by atoms with E-state index < -0.39 is 35.0 Å². The quantitative estimate of drug-likeness (QED) is 0.541. The van der Waals surface area contributed by atoms with E-state index in [0.717, 1.165) is 37.7 Å². The number of carbonyl (C=O) groups excluding carboxylic acids is 3. The molecule has 4 aliphatic rings. The van der Waals surface area contributed by atoms with Gasteiger partial charge in [-0.2, -0.15) is 0 Å². The van der Waals surface area contributed by atoms with Crippen LogP contribution >= 0.6 is 11.6 Å². The maximum atomic E-state index is 14.2. The van der Waals surface area contributed by atoms with E-state index in [1.54, 1.807) is 36.9 Å². The van der Waals surface area contributed by atoms with Crippen molar-refractivity contribution < 1.29 is 23.6 Å². The van der Waals surface area contributed by atoms with E-state index in [1.165, 1.54) is 0 Å². The number of hydrogen-bond donors (Lipinski definition) is 2. The molecule has 200 valence electrons. The van der Waals surface area contributed by atoms with Gasteiger partial charge >= 0.3 is 0 Å². The first-order valence-corrected chi connectivity index (χ1v) is 13.6. The van der Waals surface area contributed by atoms with E-state index in [-0.39, 0.29) is 30.2 Å². The molecule has 1 aliphatic carbocycles. The van der Waals surface area contributed by atoms with E-state index in [0.29, 0.717) is 10.8 Å². The van der Waals surface area contributed by atoms with Crippen LogP contribution in [-0.2, 0) is 25.7 Å². The predicted molar refractivity (Wildman–Crippen MR) is 139 cm³/mol. The Morgan fingerprint density at radius 2 is 1.87 bits per heavy atom. The highest BCUT2D eigenvalue weighted by molar-refractivity contribution is 6.30. The molecule has 3 fully saturated rings. The lowest BCUT2D eigenvalue weighted by Gasteiger charge is -2.34. The van der Waals surface area contributed by atoms with Crippen LogP contribution in [0, 0.1) is 18.8 Å². The number of likely N-dealkylation sites (tertiary alicyclic amines) is 1. The van der Waals surface area contributed by atoms with Crippen LogP contribution in [0.5, 0.6) is 0 Å². The molecular weight excluding hydrogens is 508 g/mol. The molecule has 4 heterocycles. The molecule has 10 heteroatoms. The predicted octanol–water partition coefficient (Wildman–Crippen LogP) is 3.76. The Hall–Kier alpha value is -3.17. The van der Waals surface area contributed by atoms with Crippen LogP contribution in [0.3, 0.4) is 0 Å². The molecule has 0 radical (unpaired) electrons. The van der Waals surface area contributed by atoms with Crippen molar-refractivity contribution in [2.75, 3.05) is 5.32 Å². The molecule has 6 rings (SSSR count). The maximum Gasteiger partial charge on any atom is 0.246 e. The number of rotatable bonds is 6. The molecule has 5 atom stereocenters. The Morgan fingerprint density at radius 3 is 2.55 bits per heavy atom. The lowest BCUT2D eigenvalue weighted by atomic mass is 9.70. The van der Waals surface area contributed by atoms with Crippen LogP contribution in [0.25, 0.3) is 0 Å². The number of carbonyl (C=O) groups is 3. The van der Waals surface area contributed by atoms with Crippen molar-refractivity contribution in [1.29, 1.82) is 0 Å². The molecule has 38 heavy (non-hydrogen) atoms. The molecule has 1 aromatic heterocycles. The topological polar surface area (TPSA) is 114 Å². The number of anilines is 1. The standard InChI is InChI=1S/C28H31ClN4O5/c1-16-14-20(32-37-16)31-24(34)21-22-26(36)33(15-17-8-10-18(29)11-9-17)23(28(22)13-12-27(21,2)38-28)25(35)30-19-6-4-3-5-7-19/h8-14,19,21-23H,3-7,15H2,1-2H3,(H,30,35)(H,31,32,34)/t21-,22-,23-,27+,28-/m1/s1. The number of nitrogens with zero attached hydrogens (tertiary/aromatic N) is 2. The largest absolute Gasteiger partial charge is 0.360 e. The van der Waals surface area contributed by atoms with E-state index in [9.17, 15) is 14.4 Å². The summed E-state index contributed by atoms with van der Waals surface area (Å²) in [6.07, 6.45) is 8.76. The van der Waals surface area contributed by atoms with Gasteiger partial charge in [0.25, 0.3) is 0 Å². The number of aryl methyl sites for hydroxylation is 1. The minimum atomic E-state index is -1.25. The van der Waals surface area contributed by atoms with Gasteiger partial charge in [0.2, 0.25) is 17.7 Å². The Labute approximate surface area is 225 Å². The number of nitrogens with one attached hydrogen (secondary N) is 2. The van der Waals surface area contributed by atoms with Crippen LogP contribution in [-0.4, -0.2) is 51.1 Å². The fourth-order valence-electron chi connectivity index (χ4n) is 6.74. The van der Waals surface area contributed by atoms with Gasteiger partial charge in [0.15, 0.2) is 5.82 Å². The van der Waals surface area contributed by atoms with Crippen LogP contribution in [0.4, 0.5) is 5.82 Å². The first kappa shape index (κ1) is 25.1. The highest BCUT2D eigenvalue weighted by Gasteiger charge is 2.76. The highest BCUT2D eigenvalue weighted by Crippen LogP contribution is 2.60. The molecule has 1 saturated carbocycles. The number of benzene rings is 1. The third-order valence-electron chi connectivity index (χ3n) is 8.42. The lowest BCUT2D eigenvalue weighted by molar-refractivity contribution is -0.145. The summed E-state index contributed by atoms with van der Waals surface area (Å²) in [5.41, 5.74) is -1.46. The van der Waals surface area contributed by atoms with Gasteiger partial charge in [0.05, 0.1) is 17.4 Å². The first-order valence-electron chi connectivity index (χ1n) is 13.2. The Morgan fingerprint density at radius 1 is 1.13 bits per heavy atom. The van der Waals surface area contributed by atoms with E-state index in [4.69, 9.17) is 20.9 Å². The van der Waals surface area contributed by atoms with Gasteiger partial charge in [-0.1, -0.05) is 60.3 Å². The zero-order chi connectivity index (χ0) is 26.7. The molecule has 0 unspecified atom stereocenters. The second-order valence-electron chi connectivity index (χ2n) is 11.1. The summed E-state index contributed by atoms with van der Waals surface area (Å²) in [6.45, 7) is 3.72. The van der Waals surface area contributed by atoms with Gasteiger partial charge in [0.1, 0.15) is 17.4 Å². The number of ether oxygens (including phenoxy) is 1. The normalized spacial score (nSPS) is 32.0. The SMILES string of the molecule is Cc1cc(NC(=O)[C@H]2[C@@H]3C(=O)N(Cc4ccc(Cl)cc4)[C@H](C(=O)NC4CCCCC4)[C@@]34C=C[C@]2(C)O4)no1. The van der Waals surface area contributed by atoms with Crippen molar-refractivity contribution in [2.24, 2.45) is 11.8 Å². The summed E-state index contributed by atoms with van der Waals surface area (Å²) in [6, 6.07) is 7.95. The Bertz CT molecular complexity index is 1300. The molecule has 3 amide bonds. The van der Waals surface area contributed by atoms with E-state index >= 15 is 0 Å². The lowest BCUT2D eigenvalue weighted by Crippen LogP contribution is -2.56. The van der Waals surface area contributed by atoms with Crippen LogP contribution in [0.1, 0.15) is 50.4 Å². The molecule has 3 aliphatic heterocycles. The molecule has 9 nitrogen and oxygen atoms in total. The number of fused-ring (bicyclic) bond motifs is 1. The molecule has 1 aromatic carbocycles. The second kappa shape index (κ2) is 9.24. The van der Waals surface area contributed by atoms with E-state index in [1.807, 2.05) is 24.3 Å². The summed E-state index contributed by atoms with van der Waals surface area (Å²) >= 11 is 6.08. The second-order valence-corrected chi connectivity index (χ2v) is 11.5. The monoisotopic (exact) mass is 538 g/mol. The highest BCUT2D eigenvalue weighted by atomic mass is 35.5. The summed E-state index contributed by atoms with van der Waals surface area (Å²) in [5.74, 6) is -1.82. The molecular formula is C28H31ClN4O5. The minimum Gasteiger partial charge on any atom is -0.360 e. The fraction of sp³-hybridized carbons (Fsp3) is 0.500. The zero-order valence-electron chi connectivity index (χ0n) is 21.4. The zero-order valence-corrected chi connectivity index (χ0v) is 22.2. The van der Waals surface area contributed by atoms with Crippen molar-refractivity contribution in [2.45, 2.75) is 75.8 Å². The summed E-state index contributed by atoms with van der Waals surface area (Å²) < 4.78 is 11.7. The Balaban J connectivity index is 1.35. The average molecular weight is 539 g/mol. The summed E-state index contributed by atoms with van der Waals surface area (Å²) in [7, 11) is 0. The molecule has 2 saturated heterocycles. The Kier molecular flexibility index (Phi) is 6.11. The first-order chi connectivity index (χ1) is 18.2. The average Bonchev–Trinajstić information content (AvgIpc) is 3.58. The molecule has 2 aromatic rings. The van der Waals surface area contributed by atoms with Crippen molar-refractivity contribution in [3.63, 3.8) is 0 Å². The fourth-order valence-corrected chi connectivity index (χ4v) is 6.87. The van der Waals surface area contributed by atoms with Crippen LogP contribution in [0.15, 0.2) is 47.0 Å². The van der Waals surface area contributed by atoms with Crippen molar-refractivity contribution in [1.82, 2.24) is 15.4 Å². The number of hydrogen-bond acceptors (Lipinski definition) is 6. The van der Waals surface area contributed by atoms with Gasteiger partial charge in [-0.3, -0.25) is 14.4 Å². The number of aromatic nitrogens is 1. The third-order valence-corrected chi connectivity index (χ3v) is 8.68. The van der Waals surface area contributed by atoms with Gasteiger partial charge in [-0.15, -0.1) is 0 Å². The van der Waals surface area contributed by atoms with Gasteiger partial charge < -0.3 is 24.8 Å². The summed E-state index contributed by atoms with van der Waals surface area (Å²) in [5, 5.41) is 10.4. The van der Waals surface area contributed by atoms with Gasteiger partial charge in [-0.05, 0) is 44.4 Å². The van der Waals surface area contributed by atoms with Crippen molar-refractivity contribution in [3.8, 4) is 0 Å². The van der Waals surface area contributed by atoms with Crippen molar-refractivity contribution in [3.05, 3.63) is 58.8 Å².